The molecule has 3 aromatic rings. The molecule has 1 atom stereocenters. The lowest BCUT2D eigenvalue weighted by molar-refractivity contribution is 0.0981. The zero-order valence-corrected chi connectivity index (χ0v) is 16.8. The van der Waals surface area contributed by atoms with Crippen LogP contribution in [-0.4, -0.2) is 20.4 Å². The van der Waals surface area contributed by atoms with Gasteiger partial charge in [-0.3, -0.25) is 9.52 Å². The monoisotopic (exact) mass is 428 g/mol. The minimum atomic E-state index is -4.10. The predicted octanol–water partition coefficient (Wildman–Crippen LogP) is 4.36. The van der Waals surface area contributed by atoms with Crippen LogP contribution in [-0.2, 0) is 16.4 Å². The largest absolute Gasteiger partial charge is 0.305 e. The lowest BCUT2D eigenvalue weighted by Gasteiger charge is -2.23. The van der Waals surface area contributed by atoms with E-state index in [9.17, 15) is 22.0 Å². The van der Waals surface area contributed by atoms with E-state index in [2.05, 4.69) is 4.72 Å². The Labute approximate surface area is 173 Å². The van der Waals surface area contributed by atoms with E-state index in [-0.39, 0.29) is 17.6 Å². The number of benzene rings is 3. The van der Waals surface area contributed by atoms with Crippen LogP contribution >= 0.6 is 0 Å². The number of carbonyl (C=O) groups excluding carboxylic acids is 1. The van der Waals surface area contributed by atoms with Crippen LogP contribution in [0, 0.1) is 11.6 Å². The Hall–Kier alpha value is -3.26. The van der Waals surface area contributed by atoms with Gasteiger partial charge in [0.25, 0.3) is 15.9 Å². The van der Waals surface area contributed by atoms with Gasteiger partial charge in [0.1, 0.15) is 0 Å². The number of nitrogens with one attached hydrogen (secondary N) is 1. The van der Waals surface area contributed by atoms with Crippen LogP contribution in [0.1, 0.15) is 22.8 Å². The Morgan fingerprint density at radius 3 is 2.40 bits per heavy atom. The fraction of sp³-hybridized carbons (Fsp3) is 0.136. The molecule has 0 saturated carbocycles. The summed E-state index contributed by atoms with van der Waals surface area (Å²) >= 11 is 0. The molecule has 0 saturated heterocycles. The van der Waals surface area contributed by atoms with Crippen molar-refractivity contribution in [1.82, 2.24) is 0 Å². The number of rotatable bonds is 4. The van der Waals surface area contributed by atoms with E-state index >= 15 is 0 Å². The number of hydrogen-bond acceptors (Lipinski definition) is 3. The third kappa shape index (κ3) is 3.66. The summed E-state index contributed by atoms with van der Waals surface area (Å²) in [5.74, 6) is -2.56. The number of nitrogens with zero attached hydrogens (tertiary/aromatic N) is 1. The van der Waals surface area contributed by atoms with Crippen LogP contribution in [0.5, 0.6) is 0 Å². The lowest BCUT2D eigenvalue weighted by Crippen LogP contribution is -2.35. The van der Waals surface area contributed by atoms with Crippen LogP contribution in [0.25, 0.3) is 0 Å². The second kappa shape index (κ2) is 7.53. The van der Waals surface area contributed by atoms with Crippen molar-refractivity contribution in [3.05, 3.63) is 89.5 Å². The lowest BCUT2D eigenvalue weighted by atomic mass is 10.1. The molecule has 0 bridgehead atoms. The maximum Gasteiger partial charge on any atom is 0.261 e. The normalized spacial score (nSPS) is 15.7. The Morgan fingerprint density at radius 1 is 1.00 bits per heavy atom. The summed E-state index contributed by atoms with van der Waals surface area (Å²) in [5, 5.41) is 0. The van der Waals surface area contributed by atoms with Crippen LogP contribution in [0.4, 0.5) is 20.2 Å². The summed E-state index contributed by atoms with van der Waals surface area (Å²) in [7, 11) is -4.10. The Bertz CT molecular complexity index is 1230. The second-order valence-electron chi connectivity index (χ2n) is 7.12. The van der Waals surface area contributed by atoms with Crippen LogP contribution in [0.3, 0.4) is 0 Å². The van der Waals surface area contributed by atoms with Gasteiger partial charge in [-0.15, -0.1) is 0 Å². The molecule has 0 radical (unpaired) electrons. The number of amides is 1. The molecule has 0 aliphatic carbocycles. The van der Waals surface area contributed by atoms with Crippen molar-refractivity contribution in [2.75, 3.05) is 9.62 Å². The minimum Gasteiger partial charge on any atom is -0.305 e. The molecule has 8 heteroatoms. The number of sulfonamides is 1. The topological polar surface area (TPSA) is 66.5 Å². The number of hydrogen-bond donors (Lipinski definition) is 1. The molecule has 0 unspecified atom stereocenters. The van der Waals surface area contributed by atoms with Crippen LogP contribution in [0.15, 0.2) is 71.6 Å². The molecule has 0 spiro atoms. The molecule has 1 aliphatic heterocycles. The molecule has 154 valence electrons. The van der Waals surface area contributed by atoms with Crippen molar-refractivity contribution in [1.29, 1.82) is 0 Å². The average Bonchev–Trinajstić information content (AvgIpc) is 3.05. The van der Waals surface area contributed by atoms with E-state index in [1.807, 2.05) is 31.2 Å². The zero-order valence-electron chi connectivity index (χ0n) is 16.0. The first-order valence-corrected chi connectivity index (χ1v) is 10.7. The summed E-state index contributed by atoms with van der Waals surface area (Å²) in [5.41, 5.74) is 2.59. The summed E-state index contributed by atoms with van der Waals surface area (Å²) in [6.45, 7) is 1.97. The molecular weight excluding hydrogens is 410 g/mol. The van der Waals surface area contributed by atoms with Crippen molar-refractivity contribution < 1.29 is 22.0 Å². The fourth-order valence-electron chi connectivity index (χ4n) is 3.55. The summed E-state index contributed by atoms with van der Waals surface area (Å²) in [6, 6.07) is 16.0. The average molecular weight is 428 g/mol. The fourth-order valence-corrected chi connectivity index (χ4v) is 4.62. The van der Waals surface area contributed by atoms with E-state index < -0.39 is 26.6 Å². The Morgan fingerprint density at radius 2 is 1.70 bits per heavy atom. The van der Waals surface area contributed by atoms with Gasteiger partial charge in [-0.1, -0.05) is 18.2 Å². The van der Waals surface area contributed by atoms with E-state index in [1.54, 1.807) is 4.90 Å². The number of fused-ring (bicyclic) bond motifs is 1. The maximum absolute atomic E-state index is 13.4. The van der Waals surface area contributed by atoms with Crippen molar-refractivity contribution in [2.45, 2.75) is 24.3 Å². The van der Waals surface area contributed by atoms with Crippen molar-refractivity contribution in [3.63, 3.8) is 0 Å². The third-order valence-electron chi connectivity index (χ3n) is 5.01. The van der Waals surface area contributed by atoms with Gasteiger partial charge in [-0.25, -0.2) is 17.2 Å². The molecule has 5 nitrogen and oxygen atoms in total. The van der Waals surface area contributed by atoms with Crippen LogP contribution in [0.2, 0.25) is 0 Å². The van der Waals surface area contributed by atoms with Crippen molar-refractivity contribution in [3.8, 4) is 0 Å². The summed E-state index contributed by atoms with van der Waals surface area (Å²) in [4.78, 5) is 14.4. The summed E-state index contributed by atoms with van der Waals surface area (Å²) in [6.07, 6.45) is 0.772. The summed E-state index contributed by atoms with van der Waals surface area (Å²) < 4.78 is 53.5. The molecule has 4 rings (SSSR count). The quantitative estimate of drug-likeness (QED) is 0.672. The molecule has 0 aromatic heterocycles. The van der Waals surface area contributed by atoms with E-state index in [0.29, 0.717) is 11.6 Å². The molecule has 1 N–H and O–H groups in total. The number of para-hydroxylation sites is 1. The highest BCUT2D eigenvalue weighted by Crippen LogP contribution is 2.33. The molecular formula is C22H18F2N2O3S. The van der Waals surface area contributed by atoms with Gasteiger partial charge in [0.15, 0.2) is 11.6 Å². The standard InChI is InChI=1S/C22H18F2N2O3S/c1-14-12-16-4-2-3-5-21(16)26(14)22(27)15-6-8-17(9-7-15)25-30(28,29)18-10-11-19(23)20(24)13-18/h2-11,13-14,25H,12H2,1H3/t14-/m0/s1. The van der Waals surface area contributed by atoms with Gasteiger partial charge in [-0.2, -0.15) is 0 Å². The van der Waals surface area contributed by atoms with Gasteiger partial charge in [-0.05, 0) is 67.4 Å². The van der Waals surface area contributed by atoms with Gasteiger partial charge in [0.2, 0.25) is 0 Å². The highest BCUT2D eigenvalue weighted by atomic mass is 32.2. The SMILES string of the molecule is C[C@H]1Cc2ccccc2N1C(=O)c1ccc(NS(=O)(=O)c2ccc(F)c(F)c2)cc1. The van der Waals surface area contributed by atoms with E-state index in [4.69, 9.17) is 0 Å². The van der Waals surface area contributed by atoms with Gasteiger partial charge >= 0.3 is 0 Å². The van der Waals surface area contributed by atoms with Gasteiger partial charge < -0.3 is 4.90 Å². The molecule has 1 amide bonds. The smallest absolute Gasteiger partial charge is 0.261 e. The Balaban J connectivity index is 1.54. The number of halogens is 2. The zero-order chi connectivity index (χ0) is 21.5. The molecule has 0 fully saturated rings. The predicted molar refractivity (Wildman–Crippen MR) is 110 cm³/mol. The number of anilines is 2. The van der Waals surface area contributed by atoms with E-state index in [0.717, 1.165) is 29.8 Å². The van der Waals surface area contributed by atoms with Gasteiger partial charge in [0.05, 0.1) is 4.90 Å². The maximum atomic E-state index is 13.4. The second-order valence-corrected chi connectivity index (χ2v) is 8.80. The minimum absolute atomic E-state index is 0.0152. The van der Waals surface area contributed by atoms with Gasteiger partial charge in [0, 0.05) is 23.0 Å². The van der Waals surface area contributed by atoms with Crippen LogP contribution < -0.4 is 9.62 Å². The molecule has 1 aliphatic rings. The van der Waals surface area contributed by atoms with E-state index in [1.165, 1.54) is 24.3 Å². The highest BCUT2D eigenvalue weighted by Gasteiger charge is 2.31. The third-order valence-corrected chi connectivity index (χ3v) is 6.39. The highest BCUT2D eigenvalue weighted by molar-refractivity contribution is 7.92. The first-order valence-electron chi connectivity index (χ1n) is 9.25. The number of carbonyl (C=O) groups is 1. The first kappa shape index (κ1) is 20.0. The molecule has 1 heterocycles. The van der Waals surface area contributed by atoms with Crippen molar-refractivity contribution >= 4 is 27.3 Å². The molecule has 30 heavy (non-hydrogen) atoms. The van der Waals surface area contributed by atoms with Crippen molar-refractivity contribution in [2.24, 2.45) is 0 Å². The molecule has 3 aromatic carbocycles. The Kier molecular flexibility index (Phi) is 5.03. The first-order chi connectivity index (χ1) is 14.3.